The molecule has 3 N–H and O–H groups in total. The van der Waals surface area contributed by atoms with Crippen molar-refractivity contribution in [1.29, 1.82) is 0 Å². The first-order chi connectivity index (χ1) is 7.20. The number of carboxylic acids is 1. The third-order valence-corrected chi connectivity index (χ3v) is 2.22. The van der Waals surface area contributed by atoms with Gasteiger partial charge in [-0.3, -0.25) is 0 Å². The highest BCUT2D eigenvalue weighted by Gasteiger charge is 2.25. The van der Waals surface area contributed by atoms with Crippen molar-refractivity contribution in [3.63, 3.8) is 0 Å². The third kappa shape index (κ3) is 1.79. The van der Waals surface area contributed by atoms with Gasteiger partial charge in [0.25, 0.3) is 0 Å². The van der Waals surface area contributed by atoms with Gasteiger partial charge in [0.15, 0.2) is 6.29 Å². The molecule has 1 aromatic rings. The van der Waals surface area contributed by atoms with E-state index in [1.807, 2.05) is 0 Å². The van der Waals surface area contributed by atoms with E-state index in [0.29, 0.717) is 18.8 Å². The minimum absolute atomic E-state index is 0.0596. The first-order valence-corrected chi connectivity index (χ1v) is 4.55. The van der Waals surface area contributed by atoms with Crippen molar-refractivity contribution in [3.8, 4) is 0 Å². The Balaban J connectivity index is 2.45. The minimum atomic E-state index is -1.07. The summed E-state index contributed by atoms with van der Waals surface area (Å²) in [6.45, 7) is 0.942. The second kappa shape index (κ2) is 3.88. The van der Waals surface area contributed by atoms with E-state index in [-0.39, 0.29) is 11.3 Å². The highest BCUT2D eigenvalue weighted by atomic mass is 16.7. The second-order valence-electron chi connectivity index (χ2n) is 3.19. The Morgan fingerprint density at radius 2 is 2.07 bits per heavy atom. The lowest BCUT2D eigenvalue weighted by Crippen LogP contribution is -2.10. The number of hydrogen-bond acceptors (Lipinski definition) is 4. The number of aromatic carboxylic acids is 1. The van der Waals surface area contributed by atoms with Gasteiger partial charge < -0.3 is 20.3 Å². The summed E-state index contributed by atoms with van der Waals surface area (Å²) in [7, 11) is 0. The Morgan fingerprint density at radius 1 is 1.40 bits per heavy atom. The second-order valence-corrected chi connectivity index (χ2v) is 3.19. The minimum Gasteiger partial charge on any atom is -0.478 e. The molecule has 5 heteroatoms. The van der Waals surface area contributed by atoms with E-state index in [2.05, 4.69) is 0 Å². The summed E-state index contributed by atoms with van der Waals surface area (Å²) >= 11 is 0. The van der Waals surface area contributed by atoms with Gasteiger partial charge in [0, 0.05) is 11.3 Å². The number of anilines is 1. The van der Waals surface area contributed by atoms with Crippen LogP contribution in [0.15, 0.2) is 18.2 Å². The number of nitrogen functional groups attached to an aromatic ring is 1. The predicted molar refractivity (Wildman–Crippen MR) is 52.5 cm³/mol. The van der Waals surface area contributed by atoms with Gasteiger partial charge in [-0.2, -0.15) is 0 Å². The van der Waals surface area contributed by atoms with Gasteiger partial charge >= 0.3 is 5.97 Å². The summed E-state index contributed by atoms with van der Waals surface area (Å²) in [4.78, 5) is 11.0. The molecule has 0 atom stereocenters. The fraction of sp³-hybridized carbons (Fsp3) is 0.300. The maximum atomic E-state index is 11.0. The zero-order valence-electron chi connectivity index (χ0n) is 7.97. The van der Waals surface area contributed by atoms with Gasteiger partial charge in [-0.05, 0) is 6.07 Å². The smallest absolute Gasteiger partial charge is 0.338 e. The SMILES string of the molecule is Nc1cccc(C2OCCO2)c1C(=O)O. The fourth-order valence-electron chi connectivity index (χ4n) is 1.57. The van der Waals surface area contributed by atoms with Crippen LogP contribution in [0.1, 0.15) is 22.2 Å². The molecule has 0 spiro atoms. The van der Waals surface area contributed by atoms with Crippen LogP contribution in [0.3, 0.4) is 0 Å². The van der Waals surface area contributed by atoms with Crippen molar-refractivity contribution >= 4 is 11.7 Å². The topological polar surface area (TPSA) is 81.8 Å². The van der Waals surface area contributed by atoms with E-state index in [9.17, 15) is 4.79 Å². The first kappa shape index (κ1) is 9.95. The van der Waals surface area contributed by atoms with Gasteiger partial charge in [0.05, 0.1) is 18.8 Å². The van der Waals surface area contributed by atoms with Crippen molar-refractivity contribution in [3.05, 3.63) is 29.3 Å². The van der Waals surface area contributed by atoms with Crippen LogP contribution in [-0.4, -0.2) is 24.3 Å². The summed E-state index contributed by atoms with van der Waals surface area (Å²) in [6, 6.07) is 4.87. The van der Waals surface area contributed by atoms with Crippen LogP contribution < -0.4 is 5.73 Å². The molecule has 0 amide bonds. The molecule has 0 aliphatic carbocycles. The van der Waals surface area contributed by atoms with Crippen LogP contribution in [0, 0.1) is 0 Å². The van der Waals surface area contributed by atoms with Crippen LogP contribution in [0.2, 0.25) is 0 Å². The molecule has 1 heterocycles. The highest BCUT2D eigenvalue weighted by Crippen LogP contribution is 2.29. The van der Waals surface area contributed by atoms with E-state index in [0.717, 1.165) is 0 Å². The summed E-state index contributed by atoms with van der Waals surface area (Å²) in [5.41, 5.74) is 6.35. The zero-order valence-corrected chi connectivity index (χ0v) is 7.97. The van der Waals surface area contributed by atoms with E-state index in [4.69, 9.17) is 20.3 Å². The van der Waals surface area contributed by atoms with Gasteiger partial charge in [0.2, 0.25) is 0 Å². The van der Waals surface area contributed by atoms with Gasteiger partial charge in [-0.15, -0.1) is 0 Å². The molecule has 1 aromatic carbocycles. The molecule has 1 fully saturated rings. The molecule has 1 saturated heterocycles. The van der Waals surface area contributed by atoms with Gasteiger partial charge in [0.1, 0.15) is 0 Å². The summed E-state index contributed by atoms with van der Waals surface area (Å²) in [5, 5.41) is 9.02. The predicted octanol–water partition coefficient (Wildman–Crippen LogP) is 1.01. The Morgan fingerprint density at radius 3 is 2.67 bits per heavy atom. The molecular weight excluding hydrogens is 198 g/mol. The van der Waals surface area contributed by atoms with E-state index >= 15 is 0 Å². The number of rotatable bonds is 2. The maximum Gasteiger partial charge on any atom is 0.338 e. The lowest BCUT2D eigenvalue weighted by atomic mass is 10.1. The van der Waals surface area contributed by atoms with Crippen molar-refractivity contribution in [1.82, 2.24) is 0 Å². The lowest BCUT2D eigenvalue weighted by Gasteiger charge is -2.13. The molecule has 0 unspecified atom stereocenters. The lowest BCUT2D eigenvalue weighted by molar-refractivity contribution is -0.0447. The average molecular weight is 209 g/mol. The monoisotopic (exact) mass is 209 g/mol. The van der Waals surface area contributed by atoms with Crippen LogP contribution in [-0.2, 0) is 9.47 Å². The standard InChI is InChI=1S/C10H11NO4/c11-7-3-1-2-6(8(7)9(12)13)10-14-4-5-15-10/h1-3,10H,4-5,11H2,(H,12,13). The zero-order chi connectivity index (χ0) is 10.8. The molecule has 0 radical (unpaired) electrons. The van der Waals surface area contributed by atoms with Gasteiger partial charge in [-0.25, -0.2) is 4.79 Å². The van der Waals surface area contributed by atoms with Crippen LogP contribution in [0.5, 0.6) is 0 Å². The Kier molecular flexibility index (Phi) is 2.57. The van der Waals surface area contributed by atoms with Crippen molar-refractivity contribution < 1.29 is 19.4 Å². The normalized spacial score (nSPS) is 16.8. The first-order valence-electron chi connectivity index (χ1n) is 4.55. The number of carbonyl (C=O) groups is 1. The Labute approximate surface area is 86.4 Å². The van der Waals surface area contributed by atoms with Gasteiger partial charge in [-0.1, -0.05) is 12.1 Å². The van der Waals surface area contributed by atoms with E-state index < -0.39 is 12.3 Å². The molecule has 0 aromatic heterocycles. The number of carboxylic acid groups (broad SMARTS) is 1. The quantitative estimate of drug-likeness (QED) is 0.710. The molecule has 1 aliphatic rings. The molecule has 80 valence electrons. The number of nitrogens with two attached hydrogens (primary N) is 1. The van der Waals surface area contributed by atoms with E-state index in [1.54, 1.807) is 18.2 Å². The molecule has 1 aliphatic heterocycles. The largest absolute Gasteiger partial charge is 0.478 e. The number of benzene rings is 1. The molecule has 15 heavy (non-hydrogen) atoms. The molecule has 0 saturated carbocycles. The third-order valence-electron chi connectivity index (χ3n) is 2.22. The van der Waals surface area contributed by atoms with E-state index in [1.165, 1.54) is 0 Å². The van der Waals surface area contributed by atoms with Crippen molar-refractivity contribution in [2.45, 2.75) is 6.29 Å². The summed E-state index contributed by atoms with van der Waals surface area (Å²) in [6.07, 6.45) is -0.611. The summed E-state index contributed by atoms with van der Waals surface area (Å²) < 4.78 is 10.5. The molecule has 5 nitrogen and oxygen atoms in total. The Hall–Kier alpha value is -1.59. The maximum absolute atomic E-state index is 11.0. The average Bonchev–Trinajstić information content (AvgIpc) is 2.69. The molecule has 2 rings (SSSR count). The molecule has 0 bridgehead atoms. The number of ether oxygens (including phenoxy) is 2. The Bertz CT molecular complexity index is 385. The van der Waals surface area contributed by atoms with Crippen molar-refractivity contribution in [2.24, 2.45) is 0 Å². The summed E-state index contributed by atoms with van der Waals surface area (Å²) in [5.74, 6) is -1.07. The van der Waals surface area contributed by atoms with Crippen LogP contribution in [0.25, 0.3) is 0 Å². The molecular formula is C10H11NO4. The van der Waals surface area contributed by atoms with Crippen LogP contribution >= 0.6 is 0 Å². The number of hydrogen-bond donors (Lipinski definition) is 2. The van der Waals surface area contributed by atoms with Crippen LogP contribution in [0.4, 0.5) is 5.69 Å². The van der Waals surface area contributed by atoms with Crippen molar-refractivity contribution in [2.75, 3.05) is 18.9 Å². The highest BCUT2D eigenvalue weighted by molar-refractivity contribution is 5.95. The fourth-order valence-corrected chi connectivity index (χ4v) is 1.57.